The predicted molar refractivity (Wildman–Crippen MR) is 50.6 cm³/mol. The van der Waals surface area contributed by atoms with E-state index in [2.05, 4.69) is 10.1 Å². The Hall–Kier alpha value is -1.04. The number of aromatic nitrogens is 3. The van der Waals surface area contributed by atoms with Gasteiger partial charge in [0, 0.05) is 25.9 Å². The van der Waals surface area contributed by atoms with Gasteiger partial charge in [0.15, 0.2) is 0 Å². The van der Waals surface area contributed by atoms with E-state index < -0.39 is 11.3 Å². The van der Waals surface area contributed by atoms with Crippen LogP contribution in [0.3, 0.4) is 0 Å². The number of hydrogen-bond donors (Lipinski definition) is 1. The molecule has 84 valence electrons. The molecule has 1 aliphatic carbocycles. The summed E-state index contributed by atoms with van der Waals surface area (Å²) < 4.78 is 27.5. The molecule has 0 unspecified atom stereocenters. The van der Waals surface area contributed by atoms with E-state index in [-0.39, 0.29) is 19.4 Å². The highest BCUT2D eigenvalue weighted by Gasteiger charge is 2.58. The SMILES string of the molecule is CCn1ncnc1C1(CN)CC(F)(F)C1. The molecule has 0 radical (unpaired) electrons. The summed E-state index contributed by atoms with van der Waals surface area (Å²) in [6.45, 7) is 2.73. The molecule has 0 saturated heterocycles. The molecule has 2 N–H and O–H groups in total. The molecule has 6 heteroatoms. The Bertz CT molecular complexity index is 353. The summed E-state index contributed by atoms with van der Waals surface area (Å²) in [7, 11) is 0. The van der Waals surface area contributed by atoms with Gasteiger partial charge in [0.1, 0.15) is 12.2 Å². The van der Waals surface area contributed by atoms with Crippen LogP contribution in [0.15, 0.2) is 6.33 Å². The first-order valence-corrected chi connectivity index (χ1v) is 4.99. The quantitative estimate of drug-likeness (QED) is 0.817. The molecule has 15 heavy (non-hydrogen) atoms. The monoisotopic (exact) mass is 216 g/mol. The number of nitrogens with two attached hydrogens (primary N) is 1. The number of nitrogens with zero attached hydrogens (tertiary/aromatic N) is 3. The smallest absolute Gasteiger partial charge is 0.250 e. The first kappa shape index (κ1) is 10.5. The number of alkyl halides is 2. The van der Waals surface area contributed by atoms with Crippen LogP contribution in [0.25, 0.3) is 0 Å². The van der Waals surface area contributed by atoms with Crippen molar-refractivity contribution in [3.63, 3.8) is 0 Å². The van der Waals surface area contributed by atoms with Crippen molar-refractivity contribution in [3.05, 3.63) is 12.2 Å². The summed E-state index contributed by atoms with van der Waals surface area (Å²) in [6.07, 6.45) is 0.969. The molecule has 0 bridgehead atoms. The van der Waals surface area contributed by atoms with Gasteiger partial charge in [-0.15, -0.1) is 0 Å². The highest BCUT2D eigenvalue weighted by Crippen LogP contribution is 2.52. The van der Waals surface area contributed by atoms with E-state index >= 15 is 0 Å². The third-order valence-electron chi connectivity index (χ3n) is 2.97. The molecule has 1 fully saturated rings. The Labute approximate surface area is 86.5 Å². The van der Waals surface area contributed by atoms with Crippen molar-refractivity contribution in [1.29, 1.82) is 0 Å². The Morgan fingerprint density at radius 2 is 2.20 bits per heavy atom. The van der Waals surface area contributed by atoms with Gasteiger partial charge in [0.2, 0.25) is 5.92 Å². The summed E-state index contributed by atoms with van der Waals surface area (Å²) in [4.78, 5) is 4.06. The van der Waals surface area contributed by atoms with Gasteiger partial charge in [-0.3, -0.25) is 0 Å². The molecule has 1 heterocycles. The molecule has 0 amide bonds. The minimum atomic E-state index is -2.59. The summed E-state index contributed by atoms with van der Waals surface area (Å²) in [5.41, 5.74) is 4.92. The van der Waals surface area contributed by atoms with Crippen LogP contribution in [0.5, 0.6) is 0 Å². The van der Waals surface area contributed by atoms with Crippen LogP contribution < -0.4 is 5.73 Å². The van der Waals surface area contributed by atoms with E-state index in [9.17, 15) is 8.78 Å². The third kappa shape index (κ3) is 1.52. The van der Waals surface area contributed by atoms with Gasteiger partial charge in [-0.25, -0.2) is 18.4 Å². The third-order valence-corrected chi connectivity index (χ3v) is 2.97. The van der Waals surface area contributed by atoms with Crippen LogP contribution in [-0.2, 0) is 12.0 Å². The average molecular weight is 216 g/mol. The largest absolute Gasteiger partial charge is 0.329 e. The Morgan fingerprint density at radius 1 is 1.53 bits per heavy atom. The first-order chi connectivity index (χ1) is 7.03. The van der Waals surface area contributed by atoms with E-state index in [0.29, 0.717) is 12.4 Å². The number of hydrogen-bond acceptors (Lipinski definition) is 3. The molecule has 0 atom stereocenters. The zero-order valence-corrected chi connectivity index (χ0v) is 8.58. The van der Waals surface area contributed by atoms with Crippen molar-refractivity contribution in [3.8, 4) is 0 Å². The summed E-state index contributed by atoms with van der Waals surface area (Å²) in [5.74, 6) is -2.00. The van der Waals surface area contributed by atoms with Crippen LogP contribution in [0.1, 0.15) is 25.6 Å². The molecule has 2 rings (SSSR count). The Morgan fingerprint density at radius 3 is 2.67 bits per heavy atom. The lowest BCUT2D eigenvalue weighted by Gasteiger charge is -2.45. The predicted octanol–water partition coefficient (Wildman–Crippen LogP) is 0.924. The van der Waals surface area contributed by atoms with E-state index in [1.54, 1.807) is 4.68 Å². The zero-order chi connectivity index (χ0) is 11.1. The second-order valence-corrected chi connectivity index (χ2v) is 4.09. The molecule has 1 aromatic heterocycles. The number of aryl methyl sites for hydroxylation is 1. The van der Waals surface area contributed by atoms with Crippen LogP contribution in [0, 0.1) is 0 Å². The molecule has 4 nitrogen and oxygen atoms in total. The lowest BCUT2D eigenvalue weighted by Crippen LogP contribution is -2.55. The van der Waals surface area contributed by atoms with Crippen molar-refractivity contribution >= 4 is 0 Å². The van der Waals surface area contributed by atoms with Gasteiger partial charge in [-0.1, -0.05) is 0 Å². The Balaban J connectivity index is 2.29. The van der Waals surface area contributed by atoms with E-state index in [1.807, 2.05) is 6.92 Å². The maximum Gasteiger partial charge on any atom is 0.250 e. The fourth-order valence-electron chi connectivity index (χ4n) is 2.24. The second kappa shape index (κ2) is 3.23. The van der Waals surface area contributed by atoms with Crippen LogP contribution >= 0.6 is 0 Å². The van der Waals surface area contributed by atoms with Crippen molar-refractivity contribution in [2.45, 2.75) is 37.6 Å². The van der Waals surface area contributed by atoms with Gasteiger partial charge >= 0.3 is 0 Å². The van der Waals surface area contributed by atoms with Gasteiger partial charge in [-0.05, 0) is 6.92 Å². The van der Waals surface area contributed by atoms with E-state index in [1.165, 1.54) is 6.33 Å². The van der Waals surface area contributed by atoms with Crippen LogP contribution in [-0.4, -0.2) is 27.2 Å². The number of rotatable bonds is 3. The standard InChI is InChI=1S/C9H14F2N4/c1-2-15-7(13-6-14-15)8(5-12)3-9(10,11)4-8/h6H,2-5,12H2,1H3. The molecule has 0 spiro atoms. The van der Waals surface area contributed by atoms with Gasteiger partial charge in [0.25, 0.3) is 0 Å². The minimum Gasteiger partial charge on any atom is -0.329 e. The molecule has 0 aromatic carbocycles. The maximum atomic E-state index is 12.9. The number of halogens is 2. The topological polar surface area (TPSA) is 56.7 Å². The Kier molecular flexibility index (Phi) is 2.26. The van der Waals surface area contributed by atoms with Gasteiger partial charge in [-0.2, -0.15) is 5.10 Å². The second-order valence-electron chi connectivity index (χ2n) is 4.09. The van der Waals surface area contributed by atoms with Gasteiger partial charge < -0.3 is 5.73 Å². The molecule has 1 aliphatic rings. The average Bonchev–Trinajstić information content (AvgIpc) is 2.61. The van der Waals surface area contributed by atoms with E-state index in [4.69, 9.17) is 5.73 Å². The summed E-state index contributed by atoms with van der Waals surface area (Å²) >= 11 is 0. The lowest BCUT2D eigenvalue weighted by molar-refractivity contribution is -0.127. The van der Waals surface area contributed by atoms with Crippen molar-refractivity contribution in [2.24, 2.45) is 5.73 Å². The highest BCUT2D eigenvalue weighted by molar-refractivity contribution is 5.19. The molecular weight excluding hydrogens is 202 g/mol. The molecule has 1 aromatic rings. The van der Waals surface area contributed by atoms with Gasteiger partial charge in [0.05, 0.1) is 5.41 Å². The molecule has 0 aliphatic heterocycles. The zero-order valence-electron chi connectivity index (χ0n) is 8.58. The lowest BCUT2D eigenvalue weighted by atomic mass is 9.65. The highest BCUT2D eigenvalue weighted by atomic mass is 19.3. The van der Waals surface area contributed by atoms with Crippen molar-refractivity contribution in [1.82, 2.24) is 14.8 Å². The van der Waals surface area contributed by atoms with Crippen LogP contribution in [0.4, 0.5) is 8.78 Å². The normalized spacial score (nSPS) is 22.4. The minimum absolute atomic E-state index is 0.196. The van der Waals surface area contributed by atoms with E-state index in [0.717, 1.165) is 0 Å². The maximum absolute atomic E-state index is 12.9. The van der Waals surface area contributed by atoms with Crippen molar-refractivity contribution < 1.29 is 8.78 Å². The fraction of sp³-hybridized carbons (Fsp3) is 0.778. The van der Waals surface area contributed by atoms with Crippen LogP contribution in [0.2, 0.25) is 0 Å². The summed E-state index contributed by atoms with van der Waals surface area (Å²) in [5, 5.41) is 3.98. The molecule has 1 saturated carbocycles. The van der Waals surface area contributed by atoms with Crippen molar-refractivity contribution in [2.75, 3.05) is 6.54 Å². The molecular formula is C9H14F2N4. The summed E-state index contributed by atoms with van der Waals surface area (Å²) in [6, 6.07) is 0. The first-order valence-electron chi connectivity index (χ1n) is 4.99. The fourth-order valence-corrected chi connectivity index (χ4v) is 2.24.